The molecular weight excluding hydrogens is 204 g/mol. The van der Waals surface area contributed by atoms with E-state index < -0.39 is 0 Å². The summed E-state index contributed by atoms with van der Waals surface area (Å²) in [6.45, 7) is 5.74. The summed E-state index contributed by atoms with van der Waals surface area (Å²) in [5.74, 6) is 1.05. The minimum atomic E-state index is 0.613. The van der Waals surface area contributed by atoms with E-state index in [9.17, 15) is 0 Å². The van der Waals surface area contributed by atoms with Gasteiger partial charge in [0, 0.05) is 32.8 Å². The molecule has 1 atom stereocenters. The summed E-state index contributed by atoms with van der Waals surface area (Å²) in [5.41, 5.74) is 0. The Labute approximate surface area is 97.2 Å². The molecule has 1 unspecified atom stereocenters. The Bertz CT molecular complexity index is 238. The van der Waals surface area contributed by atoms with Crippen LogP contribution in [0.1, 0.15) is 12.8 Å². The molecule has 0 bridgehead atoms. The van der Waals surface area contributed by atoms with Gasteiger partial charge < -0.3 is 20.3 Å². The number of nitrogens with one attached hydrogen (secondary N) is 2. The van der Waals surface area contributed by atoms with E-state index in [0.29, 0.717) is 6.04 Å². The lowest BCUT2D eigenvalue weighted by atomic mass is 10.2. The first kappa shape index (κ1) is 11.7. The molecule has 2 N–H and O–H groups in total. The maximum atomic E-state index is 5.15. The number of hydrogen-bond donors (Lipinski definition) is 2. The molecule has 0 aromatic rings. The average Bonchev–Trinajstić information content (AvgIpc) is 2.96. The molecule has 5 heteroatoms. The molecule has 0 radical (unpaired) electrons. The van der Waals surface area contributed by atoms with E-state index in [0.717, 1.165) is 45.3 Å². The number of aliphatic imine (C=N–C) groups is 1. The molecule has 1 saturated heterocycles. The fourth-order valence-electron chi connectivity index (χ4n) is 2.26. The van der Waals surface area contributed by atoms with Crippen molar-refractivity contribution in [1.29, 1.82) is 0 Å². The largest absolute Gasteiger partial charge is 0.383 e. The van der Waals surface area contributed by atoms with Crippen molar-refractivity contribution >= 4 is 5.96 Å². The molecule has 0 amide bonds. The number of methoxy groups -OCH3 is 1. The third-order valence-corrected chi connectivity index (χ3v) is 3.12. The molecule has 0 spiro atoms. The molecule has 92 valence electrons. The van der Waals surface area contributed by atoms with E-state index in [1.54, 1.807) is 7.11 Å². The van der Waals surface area contributed by atoms with Crippen LogP contribution in [0.15, 0.2) is 4.99 Å². The maximum Gasteiger partial charge on any atom is 0.194 e. The van der Waals surface area contributed by atoms with Gasteiger partial charge in [0.2, 0.25) is 0 Å². The van der Waals surface area contributed by atoms with Gasteiger partial charge in [-0.1, -0.05) is 0 Å². The Balaban J connectivity index is 1.85. The Morgan fingerprint density at radius 2 is 2.44 bits per heavy atom. The van der Waals surface area contributed by atoms with Crippen molar-refractivity contribution in [2.75, 3.05) is 46.4 Å². The fourth-order valence-corrected chi connectivity index (χ4v) is 2.26. The molecule has 2 heterocycles. The quantitative estimate of drug-likeness (QED) is 0.672. The van der Waals surface area contributed by atoms with Gasteiger partial charge in [0.15, 0.2) is 5.96 Å². The van der Waals surface area contributed by atoms with Crippen LogP contribution in [-0.2, 0) is 4.74 Å². The first-order valence-electron chi connectivity index (χ1n) is 6.16. The molecule has 2 aliphatic rings. The molecule has 0 aromatic heterocycles. The zero-order chi connectivity index (χ0) is 11.2. The van der Waals surface area contributed by atoms with Gasteiger partial charge in [0.1, 0.15) is 0 Å². The first-order valence-corrected chi connectivity index (χ1v) is 6.16. The monoisotopic (exact) mass is 226 g/mol. The maximum absolute atomic E-state index is 5.15. The highest BCUT2D eigenvalue weighted by atomic mass is 16.5. The normalized spacial score (nSPS) is 24.3. The minimum Gasteiger partial charge on any atom is -0.383 e. The van der Waals surface area contributed by atoms with Crippen LogP contribution in [0.5, 0.6) is 0 Å². The van der Waals surface area contributed by atoms with Crippen molar-refractivity contribution in [2.24, 2.45) is 4.99 Å². The second-order valence-electron chi connectivity index (χ2n) is 4.36. The van der Waals surface area contributed by atoms with E-state index in [2.05, 4.69) is 20.5 Å². The van der Waals surface area contributed by atoms with Crippen molar-refractivity contribution in [3.05, 3.63) is 0 Å². The predicted molar refractivity (Wildman–Crippen MR) is 64.8 cm³/mol. The zero-order valence-corrected chi connectivity index (χ0v) is 10.0. The van der Waals surface area contributed by atoms with Crippen LogP contribution in [0.2, 0.25) is 0 Å². The van der Waals surface area contributed by atoms with E-state index in [1.807, 2.05) is 0 Å². The van der Waals surface area contributed by atoms with Gasteiger partial charge >= 0.3 is 0 Å². The van der Waals surface area contributed by atoms with Crippen LogP contribution >= 0.6 is 0 Å². The highest BCUT2D eigenvalue weighted by molar-refractivity contribution is 5.81. The molecular formula is C11H22N4O. The third kappa shape index (κ3) is 3.09. The fraction of sp³-hybridized carbons (Fsp3) is 0.909. The van der Waals surface area contributed by atoms with Crippen molar-refractivity contribution in [2.45, 2.75) is 18.9 Å². The standard InChI is InChI=1S/C11H22N4O/c1-16-8-7-15(11-13-5-6-14-11)9-10-3-2-4-12-10/h10,12H,2-9H2,1H3,(H,13,14). The highest BCUT2D eigenvalue weighted by Gasteiger charge is 2.21. The molecule has 0 aliphatic carbocycles. The van der Waals surface area contributed by atoms with Gasteiger partial charge in [-0.15, -0.1) is 0 Å². The van der Waals surface area contributed by atoms with Gasteiger partial charge in [-0.2, -0.15) is 0 Å². The average molecular weight is 226 g/mol. The van der Waals surface area contributed by atoms with Crippen molar-refractivity contribution in [3.63, 3.8) is 0 Å². The van der Waals surface area contributed by atoms with E-state index >= 15 is 0 Å². The Morgan fingerprint density at radius 1 is 1.50 bits per heavy atom. The SMILES string of the molecule is COCCN(CC1CCCN1)C1=NCCN1. The molecule has 0 saturated carbocycles. The summed E-state index contributed by atoms with van der Waals surface area (Å²) in [6.07, 6.45) is 2.57. The van der Waals surface area contributed by atoms with Gasteiger partial charge in [0.05, 0.1) is 13.2 Å². The second-order valence-corrected chi connectivity index (χ2v) is 4.36. The van der Waals surface area contributed by atoms with Crippen LogP contribution in [0, 0.1) is 0 Å². The number of nitrogens with zero attached hydrogens (tertiary/aromatic N) is 2. The lowest BCUT2D eigenvalue weighted by Crippen LogP contribution is -2.46. The van der Waals surface area contributed by atoms with Crippen LogP contribution in [0.3, 0.4) is 0 Å². The lowest BCUT2D eigenvalue weighted by Gasteiger charge is -2.27. The first-order chi connectivity index (χ1) is 7.90. The Morgan fingerprint density at radius 3 is 3.06 bits per heavy atom. The van der Waals surface area contributed by atoms with Crippen molar-refractivity contribution in [1.82, 2.24) is 15.5 Å². The zero-order valence-electron chi connectivity index (χ0n) is 10.0. The van der Waals surface area contributed by atoms with Gasteiger partial charge in [0.25, 0.3) is 0 Å². The van der Waals surface area contributed by atoms with E-state index in [4.69, 9.17) is 4.74 Å². The Kier molecular flexibility index (Phi) is 4.42. The molecule has 16 heavy (non-hydrogen) atoms. The number of hydrogen-bond acceptors (Lipinski definition) is 5. The molecule has 0 aromatic carbocycles. The third-order valence-electron chi connectivity index (χ3n) is 3.12. The van der Waals surface area contributed by atoms with Crippen LogP contribution in [-0.4, -0.2) is 63.3 Å². The molecule has 5 nitrogen and oxygen atoms in total. The molecule has 1 fully saturated rings. The number of guanidine groups is 1. The summed E-state index contributed by atoms with van der Waals surface area (Å²) in [7, 11) is 1.75. The number of ether oxygens (including phenoxy) is 1. The van der Waals surface area contributed by atoms with Crippen molar-refractivity contribution < 1.29 is 4.74 Å². The Hall–Kier alpha value is -0.810. The summed E-state index contributed by atoms with van der Waals surface area (Å²) in [4.78, 5) is 6.78. The van der Waals surface area contributed by atoms with Crippen molar-refractivity contribution in [3.8, 4) is 0 Å². The summed E-state index contributed by atoms with van der Waals surface area (Å²) in [5, 5.41) is 6.85. The second kappa shape index (κ2) is 6.06. The summed E-state index contributed by atoms with van der Waals surface area (Å²) >= 11 is 0. The minimum absolute atomic E-state index is 0.613. The van der Waals surface area contributed by atoms with Gasteiger partial charge in [-0.25, -0.2) is 0 Å². The summed E-state index contributed by atoms with van der Waals surface area (Å²) < 4.78 is 5.15. The molecule has 2 aliphatic heterocycles. The summed E-state index contributed by atoms with van der Waals surface area (Å²) in [6, 6.07) is 0.613. The van der Waals surface area contributed by atoms with E-state index in [1.165, 1.54) is 12.8 Å². The lowest BCUT2D eigenvalue weighted by molar-refractivity contribution is 0.172. The highest BCUT2D eigenvalue weighted by Crippen LogP contribution is 2.08. The molecule has 2 rings (SSSR count). The topological polar surface area (TPSA) is 48.9 Å². The van der Waals surface area contributed by atoms with Crippen LogP contribution in [0.25, 0.3) is 0 Å². The van der Waals surface area contributed by atoms with Gasteiger partial charge in [-0.3, -0.25) is 4.99 Å². The van der Waals surface area contributed by atoms with Crippen LogP contribution in [0.4, 0.5) is 0 Å². The smallest absolute Gasteiger partial charge is 0.194 e. The van der Waals surface area contributed by atoms with E-state index in [-0.39, 0.29) is 0 Å². The van der Waals surface area contributed by atoms with Gasteiger partial charge in [-0.05, 0) is 19.4 Å². The van der Waals surface area contributed by atoms with Crippen LogP contribution < -0.4 is 10.6 Å². The predicted octanol–water partition coefficient (Wildman–Crippen LogP) is -0.354. The number of rotatable bonds is 5.